The number of rotatable bonds is 2. The van der Waals surface area contributed by atoms with Crippen LogP contribution in [-0.4, -0.2) is 17.1 Å². The van der Waals surface area contributed by atoms with Gasteiger partial charge >= 0.3 is 0 Å². The predicted octanol–water partition coefficient (Wildman–Crippen LogP) is 3.92. The van der Waals surface area contributed by atoms with Gasteiger partial charge in [-0.2, -0.15) is 0 Å². The average molecular weight is 258 g/mol. The molecule has 92 valence electrons. The highest BCUT2D eigenvalue weighted by Gasteiger charge is 2.16. The minimum Gasteiger partial charge on any atom is -0.486 e. The quantitative estimate of drug-likeness (QED) is 0.756. The van der Waals surface area contributed by atoms with Gasteiger partial charge in [-0.3, -0.25) is 0 Å². The van der Waals surface area contributed by atoms with Crippen LogP contribution >= 0.6 is 11.3 Å². The summed E-state index contributed by atoms with van der Waals surface area (Å²) in [6.45, 7) is 4.06. The molecule has 3 rings (SSSR count). The lowest BCUT2D eigenvalue weighted by Gasteiger charge is -1.95. The molecule has 3 nitrogen and oxygen atoms in total. The fraction of sp³-hybridized carbons (Fsp3) is 0.214. The second-order valence-corrected chi connectivity index (χ2v) is 5.23. The topological polar surface area (TPSA) is 37.9 Å². The molecule has 4 heteroatoms. The first kappa shape index (κ1) is 11.3. The molecule has 3 aromatic rings. The van der Waals surface area contributed by atoms with Gasteiger partial charge in [-0.05, 0) is 19.9 Å². The highest BCUT2D eigenvalue weighted by Crippen LogP contribution is 2.38. The molecule has 1 N–H and O–H groups in total. The number of aromatic nitrogens is 2. The van der Waals surface area contributed by atoms with Crippen molar-refractivity contribution in [2.75, 3.05) is 7.11 Å². The Labute approximate surface area is 109 Å². The molecule has 1 aromatic carbocycles. The second kappa shape index (κ2) is 4.14. The van der Waals surface area contributed by atoms with E-state index >= 15 is 0 Å². The lowest BCUT2D eigenvalue weighted by atomic mass is 10.1. The molecule has 0 atom stereocenters. The van der Waals surface area contributed by atoms with Crippen LogP contribution in [0.4, 0.5) is 0 Å². The van der Waals surface area contributed by atoms with E-state index in [1.165, 1.54) is 10.9 Å². The Balaban J connectivity index is 2.27. The zero-order valence-electron chi connectivity index (χ0n) is 10.6. The van der Waals surface area contributed by atoms with Crippen LogP contribution < -0.4 is 4.74 Å². The summed E-state index contributed by atoms with van der Waals surface area (Å²) in [6, 6.07) is 8.30. The predicted molar refractivity (Wildman–Crippen MR) is 75.4 cm³/mol. The van der Waals surface area contributed by atoms with Crippen molar-refractivity contribution in [1.82, 2.24) is 9.97 Å². The third-order valence-electron chi connectivity index (χ3n) is 3.05. The van der Waals surface area contributed by atoms with Crippen LogP contribution in [0.3, 0.4) is 0 Å². The third-order valence-corrected chi connectivity index (χ3v) is 4.18. The molecule has 0 amide bonds. The van der Waals surface area contributed by atoms with Gasteiger partial charge in [0.1, 0.15) is 5.01 Å². The van der Waals surface area contributed by atoms with Gasteiger partial charge < -0.3 is 9.72 Å². The molecule has 0 aliphatic rings. The Bertz CT molecular complexity index is 712. The van der Waals surface area contributed by atoms with E-state index in [1.54, 1.807) is 18.4 Å². The number of para-hydroxylation sites is 1. The first-order chi connectivity index (χ1) is 8.70. The van der Waals surface area contributed by atoms with Crippen LogP contribution in [0.5, 0.6) is 5.06 Å². The normalized spacial score (nSPS) is 11.1. The Hall–Kier alpha value is -1.81. The van der Waals surface area contributed by atoms with E-state index in [2.05, 4.69) is 35.1 Å². The van der Waals surface area contributed by atoms with Gasteiger partial charge in [0.25, 0.3) is 0 Å². The molecule has 0 aliphatic carbocycles. The van der Waals surface area contributed by atoms with Gasteiger partial charge in [0.2, 0.25) is 0 Å². The molecule has 0 saturated heterocycles. The van der Waals surface area contributed by atoms with Gasteiger partial charge in [-0.15, -0.1) is 0 Å². The number of hydrogen-bond donors (Lipinski definition) is 1. The maximum absolute atomic E-state index is 5.32. The van der Waals surface area contributed by atoms with Crippen LogP contribution in [-0.2, 0) is 0 Å². The highest BCUT2D eigenvalue weighted by atomic mass is 32.1. The van der Waals surface area contributed by atoms with E-state index in [9.17, 15) is 0 Å². The van der Waals surface area contributed by atoms with Crippen molar-refractivity contribution >= 4 is 22.2 Å². The molecule has 0 saturated carbocycles. The van der Waals surface area contributed by atoms with E-state index in [1.807, 2.05) is 13.0 Å². The summed E-state index contributed by atoms with van der Waals surface area (Å²) < 4.78 is 5.32. The summed E-state index contributed by atoms with van der Waals surface area (Å²) in [5, 5.41) is 3.11. The number of nitrogens with zero attached hydrogens (tertiary/aromatic N) is 1. The number of hydrogen-bond acceptors (Lipinski definition) is 3. The van der Waals surface area contributed by atoms with Crippen LogP contribution in [0, 0.1) is 13.8 Å². The van der Waals surface area contributed by atoms with Gasteiger partial charge in [0.05, 0.1) is 12.8 Å². The summed E-state index contributed by atoms with van der Waals surface area (Å²) >= 11 is 1.59. The minimum absolute atomic E-state index is 0.884. The molecule has 2 aromatic heterocycles. The van der Waals surface area contributed by atoms with Crippen molar-refractivity contribution in [3.8, 4) is 15.6 Å². The number of aromatic amines is 1. The highest BCUT2D eigenvalue weighted by molar-refractivity contribution is 7.17. The van der Waals surface area contributed by atoms with Gasteiger partial charge in [-0.1, -0.05) is 29.5 Å². The molecule has 0 aliphatic heterocycles. The van der Waals surface area contributed by atoms with Gasteiger partial charge in [0, 0.05) is 22.2 Å². The maximum Gasteiger partial charge on any atom is 0.197 e. The lowest BCUT2D eigenvalue weighted by Crippen LogP contribution is -1.81. The van der Waals surface area contributed by atoms with Crippen molar-refractivity contribution in [3.05, 3.63) is 35.7 Å². The van der Waals surface area contributed by atoms with Crippen LogP contribution in [0.25, 0.3) is 21.5 Å². The van der Waals surface area contributed by atoms with Crippen molar-refractivity contribution in [3.63, 3.8) is 0 Å². The number of benzene rings is 1. The number of methoxy groups -OCH3 is 1. The monoisotopic (exact) mass is 258 g/mol. The number of aryl methyl sites for hydroxylation is 2. The van der Waals surface area contributed by atoms with Crippen LogP contribution in [0.1, 0.15) is 11.4 Å². The first-order valence-corrected chi connectivity index (χ1v) is 6.61. The summed E-state index contributed by atoms with van der Waals surface area (Å²) in [6.07, 6.45) is 0. The zero-order valence-corrected chi connectivity index (χ0v) is 11.4. The number of ether oxygens (including phenoxy) is 1. The molecule has 0 radical (unpaired) electrons. The van der Waals surface area contributed by atoms with Crippen molar-refractivity contribution in [1.29, 1.82) is 0 Å². The van der Waals surface area contributed by atoms with E-state index in [4.69, 9.17) is 4.74 Å². The Morgan fingerprint density at radius 3 is 2.72 bits per heavy atom. The lowest BCUT2D eigenvalue weighted by molar-refractivity contribution is 0.423. The van der Waals surface area contributed by atoms with Crippen molar-refractivity contribution in [2.45, 2.75) is 13.8 Å². The number of nitrogens with one attached hydrogen (secondary N) is 1. The average Bonchev–Trinajstić information content (AvgIpc) is 2.88. The number of H-pyrrole nitrogens is 1. The Morgan fingerprint density at radius 2 is 2.00 bits per heavy atom. The molecular weight excluding hydrogens is 244 g/mol. The Kier molecular flexibility index (Phi) is 2.59. The van der Waals surface area contributed by atoms with Gasteiger partial charge in [-0.25, -0.2) is 4.98 Å². The molecule has 0 spiro atoms. The molecular formula is C14H14N2OS. The van der Waals surface area contributed by atoms with E-state index < -0.39 is 0 Å². The summed E-state index contributed by atoms with van der Waals surface area (Å²) in [5.74, 6) is 0. The zero-order chi connectivity index (χ0) is 12.7. The minimum atomic E-state index is 0.884. The van der Waals surface area contributed by atoms with E-state index in [0.717, 1.165) is 27.0 Å². The molecule has 0 bridgehead atoms. The van der Waals surface area contributed by atoms with Crippen LogP contribution in [0.2, 0.25) is 0 Å². The summed E-state index contributed by atoms with van der Waals surface area (Å²) in [4.78, 5) is 8.01. The first-order valence-electron chi connectivity index (χ1n) is 5.80. The summed E-state index contributed by atoms with van der Waals surface area (Å²) in [7, 11) is 1.69. The molecule has 18 heavy (non-hydrogen) atoms. The fourth-order valence-corrected chi connectivity index (χ4v) is 3.23. The molecule has 0 fully saturated rings. The second-order valence-electron chi connectivity index (χ2n) is 4.27. The number of thiazole rings is 1. The molecule has 2 heterocycles. The largest absolute Gasteiger partial charge is 0.486 e. The van der Waals surface area contributed by atoms with E-state index in [-0.39, 0.29) is 0 Å². The van der Waals surface area contributed by atoms with Crippen molar-refractivity contribution in [2.24, 2.45) is 0 Å². The van der Waals surface area contributed by atoms with Crippen molar-refractivity contribution < 1.29 is 4.74 Å². The van der Waals surface area contributed by atoms with E-state index in [0.29, 0.717) is 0 Å². The number of fused-ring (bicyclic) bond motifs is 1. The van der Waals surface area contributed by atoms with Gasteiger partial charge in [0.15, 0.2) is 5.06 Å². The Morgan fingerprint density at radius 1 is 1.22 bits per heavy atom. The van der Waals surface area contributed by atoms with Crippen LogP contribution in [0.15, 0.2) is 24.3 Å². The molecule has 0 unspecified atom stereocenters. The fourth-order valence-electron chi connectivity index (χ4n) is 2.23. The summed E-state index contributed by atoms with van der Waals surface area (Å²) in [5.41, 5.74) is 4.42. The standard InChI is InChI=1S/C14H14N2OS/c1-8-12(10-6-4-5-7-11(10)15-8)13-16-9(2)14(17-3)18-13/h4-7,15H,1-3H3. The third kappa shape index (κ3) is 1.61. The SMILES string of the molecule is COc1sc(-c2c(C)[nH]c3ccccc23)nc1C. The smallest absolute Gasteiger partial charge is 0.197 e. The maximum atomic E-state index is 5.32.